The van der Waals surface area contributed by atoms with Gasteiger partial charge in [0.05, 0.1) is 17.4 Å². The lowest BCUT2D eigenvalue weighted by molar-refractivity contribution is -0.118. The lowest BCUT2D eigenvalue weighted by Crippen LogP contribution is -2.39. The topological polar surface area (TPSA) is 50.5 Å². The summed E-state index contributed by atoms with van der Waals surface area (Å²) in [6.07, 6.45) is 2.73. The molecule has 0 aliphatic carbocycles. The molecule has 5 nitrogen and oxygen atoms in total. The molecule has 0 atom stereocenters. The van der Waals surface area contributed by atoms with Crippen molar-refractivity contribution in [2.75, 3.05) is 11.4 Å². The van der Waals surface area contributed by atoms with Crippen LogP contribution in [0.2, 0.25) is 0 Å². The lowest BCUT2D eigenvalue weighted by Gasteiger charge is -2.23. The summed E-state index contributed by atoms with van der Waals surface area (Å²) in [5.74, 6) is -0.758. The van der Waals surface area contributed by atoms with Gasteiger partial charge in [-0.3, -0.25) is 14.7 Å². The number of nitrogens with zero attached hydrogens (tertiary/aromatic N) is 4. The van der Waals surface area contributed by atoms with E-state index >= 15 is 0 Å². The zero-order chi connectivity index (χ0) is 16.4. The molecule has 118 valence electrons. The number of pyridine rings is 2. The molecule has 0 aliphatic heterocycles. The Bertz CT molecular complexity index is 829. The molecule has 23 heavy (non-hydrogen) atoms. The van der Waals surface area contributed by atoms with E-state index in [-0.39, 0.29) is 11.3 Å². The summed E-state index contributed by atoms with van der Waals surface area (Å²) in [5.41, 5.74) is 0.814. The summed E-state index contributed by atoms with van der Waals surface area (Å²) in [5, 5.41) is 0. The van der Waals surface area contributed by atoms with Crippen LogP contribution < -0.4 is 4.90 Å². The van der Waals surface area contributed by atoms with Gasteiger partial charge in [0.25, 0.3) is 5.91 Å². The molecule has 0 radical (unpaired) electrons. The van der Waals surface area contributed by atoms with E-state index in [2.05, 4.69) is 9.97 Å². The first-order valence-corrected chi connectivity index (χ1v) is 6.65. The maximum atomic E-state index is 12.8. The monoisotopic (exact) mass is 320 g/mol. The predicted molar refractivity (Wildman–Crippen MR) is 77.2 cm³/mol. The number of hydrogen-bond donors (Lipinski definition) is 0. The Hall–Kier alpha value is -2.90. The third-order valence-electron chi connectivity index (χ3n) is 3.18. The van der Waals surface area contributed by atoms with Crippen molar-refractivity contribution in [2.24, 2.45) is 0 Å². The number of carbonyl (C=O) groups is 1. The van der Waals surface area contributed by atoms with Gasteiger partial charge in [-0.1, -0.05) is 0 Å². The van der Waals surface area contributed by atoms with E-state index in [1.807, 2.05) is 0 Å². The number of halogens is 3. The molecule has 0 saturated carbocycles. The highest BCUT2D eigenvalue weighted by Crippen LogP contribution is 2.23. The number of imidazole rings is 1. The van der Waals surface area contributed by atoms with Gasteiger partial charge in [-0.05, 0) is 24.3 Å². The number of hydrogen-bond acceptors (Lipinski definition) is 3. The third kappa shape index (κ3) is 3.31. The first kappa shape index (κ1) is 15.0. The van der Waals surface area contributed by atoms with Crippen LogP contribution in [0.25, 0.3) is 5.65 Å². The second-order valence-electron chi connectivity index (χ2n) is 4.83. The number of rotatable bonds is 3. The molecule has 0 saturated heterocycles. The Morgan fingerprint density at radius 1 is 1.22 bits per heavy atom. The van der Waals surface area contributed by atoms with Gasteiger partial charge >= 0.3 is 6.18 Å². The van der Waals surface area contributed by atoms with Crippen molar-refractivity contribution in [1.29, 1.82) is 0 Å². The average molecular weight is 320 g/mol. The van der Waals surface area contributed by atoms with Crippen molar-refractivity contribution in [3.63, 3.8) is 0 Å². The Labute approximate surface area is 129 Å². The Morgan fingerprint density at radius 3 is 2.74 bits per heavy atom. The number of fused-ring (bicyclic) bond motifs is 1. The summed E-state index contributed by atoms with van der Waals surface area (Å²) in [6, 6.07) is 5.91. The van der Waals surface area contributed by atoms with Crippen molar-refractivity contribution in [3.8, 4) is 0 Å². The molecule has 3 rings (SSSR count). The summed E-state index contributed by atoms with van der Waals surface area (Å²) >= 11 is 0. The van der Waals surface area contributed by atoms with Crippen molar-refractivity contribution in [3.05, 3.63) is 60.8 Å². The minimum Gasteiger partial charge on any atom is -0.306 e. The fourth-order valence-corrected chi connectivity index (χ4v) is 2.18. The van der Waals surface area contributed by atoms with Crippen LogP contribution in [0.4, 0.5) is 18.9 Å². The van der Waals surface area contributed by atoms with Crippen LogP contribution in [-0.4, -0.2) is 33.0 Å². The summed E-state index contributed by atoms with van der Waals surface area (Å²) in [7, 11) is 0. The lowest BCUT2D eigenvalue weighted by atomic mass is 10.2. The van der Waals surface area contributed by atoms with E-state index in [0.717, 1.165) is 0 Å². The summed E-state index contributed by atoms with van der Waals surface area (Å²) in [6.45, 7) is -1.39. The molecule has 0 fully saturated rings. The smallest absolute Gasteiger partial charge is 0.306 e. The fraction of sp³-hybridized carbons (Fsp3) is 0.133. The van der Waals surface area contributed by atoms with Crippen LogP contribution in [0.15, 0.2) is 55.2 Å². The average Bonchev–Trinajstić information content (AvgIpc) is 2.99. The SMILES string of the molecule is O=C(c1ccc2nccn2c1)N(CC(F)(F)F)c1cccnc1. The third-order valence-corrected chi connectivity index (χ3v) is 3.18. The van der Waals surface area contributed by atoms with Crippen LogP contribution in [0.3, 0.4) is 0 Å². The molecule has 1 amide bonds. The standard InChI is InChI=1S/C15H11F3N4O/c16-15(17,18)10-22(12-2-1-5-19-8-12)14(23)11-3-4-13-20-6-7-21(13)9-11/h1-9H,10H2. The quantitative estimate of drug-likeness (QED) is 0.745. The highest BCUT2D eigenvalue weighted by atomic mass is 19.4. The van der Waals surface area contributed by atoms with E-state index in [1.165, 1.54) is 43.0 Å². The predicted octanol–water partition coefficient (Wildman–Crippen LogP) is 2.94. The Kier molecular flexibility index (Phi) is 3.73. The Morgan fingerprint density at radius 2 is 2.04 bits per heavy atom. The molecule has 0 N–H and O–H groups in total. The molecular formula is C15H11F3N4O. The molecule has 0 spiro atoms. The van der Waals surface area contributed by atoms with Gasteiger partial charge < -0.3 is 4.40 Å². The summed E-state index contributed by atoms with van der Waals surface area (Å²) in [4.78, 5) is 21.0. The second-order valence-corrected chi connectivity index (χ2v) is 4.83. The van der Waals surface area contributed by atoms with Crippen LogP contribution >= 0.6 is 0 Å². The largest absolute Gasteiger partial charge is 0.406 e. The zero-order valence-electron chi connectivity index (χ0n) is 11.7. The van der Waals surface area contributed by atoms with Crippen LogP contribution in [0.1, 0.15) is 10.4 Å². The maximum absolute atomic E-state index is 12.8. The molecule has 8 heteroatoms. The van der Waals surface area contributed by atoms with Crippen LogP contribution in [0, 0.1) is 0 Å². The number of alkyl halides is 3. The highest BCUT2D eigenvalue weighted by Gasteiger charge is 2.34. The van der Waals surface area contributed by atoms with Gasteiger partial charge in [0.15, 0.2) is 0 Å². The van der Waals surface area contributed by atoms with E-state index in [4.69, 9.17) is 0 Å². The molecule has 3 heterocycles. The van der Waals surface area contributed by atoms with Crippen molar-refractivity contribution >= 4 is 17.2 Å². The molecule has 3 aromatic heterocycles. The first-order valence-electron chi connectivity index (χ1n) is 6.65. The van der Waals surface area contributed by atoms with Gasteiger partial charge in [0, 0.05) is 24.8 Å². The van der Waals surface area contributed by atoms with Crippen molar-refractivity contribution in [1.82, 2.24) is 14.4 Å². The number of anilines is 1. The minimum absolute atomic E-state index is 0.0838. The normalized spacial score (nSPS) is 11.6. The molecule has 0 aromatic carbocycles. The van der Waals surface area contributed by atoms with Crippen LogP contribution in [0.5, 0.6) is 0 Å². The highest BCUT2D eigenvalue weighted by molar-refractivity contribution is 6.06. The van der Waals surface area contributed by atoms with E-state index < -0.39 is 18.6 Å². The second kappa shape index (κ2) is 5.71. The van der Waals surface area contributed by atoms with Gasteiger partial charge in [-0.15, -0.1) is 0 Å². The maximum Gasteiger partial charge on any atom is 0.406 e. The van der Waals surface area contributed by atoms with Gasteiger partial charge in [0.2, 0.25) is 0 Å². The van der Waals surface area contributed by atoms with Gasteiger partial charge in [-0.2, -0.15) is 13.2 Å². The van der Waals surface area contributed by atoms with E-state index in [1.54, 1.807) is 16.7 Å². The molecule has 0 aliphatic rings. The Balaban J connectivity index is 1.99. The molecule has 3 aromatic rings. The van der Waals surface area contributed by atoms with Crippen molar-refractivity contribution < 1.29 is 18.0 Å². The number of carbonyl (C=O) groups excluding carboxylic acids is 1. The molecule has 0 bridgehead atoms. The number of amides is 1. The minimum atomic E-state index is -4.52. The van der Waals surface area contributed by atoms with Gasteiger partial charge in [-0.25, -0.2) is 4.98 Å². The van der Waals surface area contributed by atoms with Gasteiger partial charge in [0.1, 0.15) is 12.2 Å². The zero-order valence-corrected chi connectivity index (χ0v) is 11.7. The van der Waals surface area contributed by atoms with E-state index in [0.29, 0.717) is 10.5 Å². The first-order chi connectivity index (χ1) is 10.9. The molecule has 0 unspecified atom stereocenters. The fourth-order valence-electron chi connectivity index (χ4n) is 2.18. The van der Waals surface area contributed by atoms with Crippen molar-refractivity contribution in [2.45, 2.75) is 6.18 Å². The summed E-state index contributed by atoms with van der Waals surface area (Å²) < 4.78 is 40.1. The number of aromatic nitrogens is 3. The van der Waals surface area contributed by atoms with E-state index in [9.17, 15) is 18.0 Å². The van der Waals surface area contributed by atoms with Crippen LogP contribution in [-0.2, 0) is 0 Å². The molecular weight excluding hydrogens is 309 g/mol.